The highest BCUT2D eigenvalue weighted by Crippen LogP contribution is 2.28. The quantitative estimate of drug-likeness (QED) is 0.477. The van der Waals surface area contributed by atoms with Gasteiger partial charge in [-0.2, -0.15) is 0 Å². The molecule has 0 radical (unpaired) electrons. The van der Waals surface area contributed by atoms with E-state index in [9.17, 15) is 4.79 Å². The first kappa shape index (κ1) is 23.7. The van der Waals surface area contributed by atoms with Crippen LogP contribution in [0.1, 0.15) is 25.0 Å². The van der Waals surface area contributed by atoms with Crippen LogP contribution < -0.4 is 10.2 Å². The van der Waals surface area contributed by atoms with E-state index in [4.69, 9.17) is 4.74 Å². The monoisotopic (exact) mass is 486 g/mol. The van der Waals surface area contributed by atoms with Gasteiger partial charge in [-0.25, -0.2) is 4.98 Å². The normalized spacial score (nSPS) is 14.2. The number of morpholine rings is 1. The number of carbonyl (C=O) groups is 1. The molecule has 0 bridgehead atoms. The number of ether oxygens (including phenoxy) is 1. The number of hydrogen-bond donors (Lipinski definition) is 1. The van der Waals surface area contributed by atoms with Crippen LogP contribution in [0.5, 0.6) is 0 Å². The van der Waals surface area contributed by atoms with Gasteiger partial charge in [0.15, 0.2) is 10.3 Å². The van der Waals surface area contributed by atoms with E-state index < -0.39 is 0 Å². The molecule has 3 heterocycles. The van der Waals surface area contributed by atoms with E-state index in [2.05, 4.69) is 75.9 Å². The van der Waals surface area contributed by atoms with Crippen molar-refractivity contribution in [1.82, 2.24) is 19.7 Å². The van der Waals surface area contributed by atoms with Gasteiger partial charge in [0, 0.05) is 30.6 Å². The third kappa shape index (κ3) is 5.93. The summed E-state index contributed by atoms with van der Waals surface area (Å²) in [6.07, 6.45) is 0. The molecule has 10 heteroatoms. The maximum Gasteiger partial charge on any atom is 0.236 e. The summed E-state index contributed by atoms with van der Waals surface area (Å²) >= 11 is 2.84. The van der Waals surface area contributed by atoms with Gasteiger partial charge in [-0.15, -0.1) is 21.5 Å². The number of amides is 1. The minimum atomic E-state index is -0.104. The second kappa shape index (κ2) is 10.7. The second-order valence-electron chi connectivity index (χ2n) is 8.56. The van der Waals surface area contributed by atoms with Gasteiger partial charge in [0.1, 0.15) is 0 Å². The van der Waals surface area contributed by atoms with Crippen LogP contribution in [-0.2, 0) is 16.1 Å². The Labute approximate surface area is 202 Å². The third-order valence-corrected chi connectivity index (χ3v) is 7.15. The van der Waals surface area contributed by atoms with Crippen LogP contribution in [0.25, 0.3) is 11.3 Å². The van der Waals surface area contributed by atoms with Crippen LogP contribution in [0.15, 0.2) is 28.7 Å². The topological polar surface area (TPSA) is 85.2 Å². The van der Waals surface area contributed by atoms with E-state index in [0.29, 0.717) is 24.3 Å². The maximum atomic E-state index is 12.6. The summed E-state index contributed by atoms with van der Waals surface area (Å²) in [5.74, 6) is 1.44. The number of carbonyl (C=O) groups excluding carboxylic acids is 1. The SMILES string of the molecule is Cc1ccc(-c2csc(NC(=O)CSc3nnc(N4CCOCC4)n3CC(C)C)n2)cc1C. The molecule has 0 saturated carbocycles. The molecule has 1 aromatic carbocycles. The molecule has 3 aromatic rings. The number of benzene rings is 1. The summed E-state index contributed by atoms with van der Waals surface area (Å²) in [7, 11) is 0. The number of nitrogens with zero attached hydrogens (tertiary/aromatic N) is 5. The first-order valence-electron chi connectivity index (χ1n) is 11.1. The number of anilines is 2. The van der Waals surface area contributed by atoms with Gasteiger partial charge in [0.25, 0.3) is 0 Å². The van der Waals surface area contributed by atoms with E-state index in [1.807, 2.05) is 5.38 Å². The number of thioether (sulfide) groups is 1. The summed E-state index contributed by atoms with van der Waals surface area (Å²) in [5, 5.41) is 15.1. The standard InChI is InChI=1S/C23H30N6O2S2/c1-15(2)12-29-22(28-7-9-31-10-8-28)26-27-23(29)33-14-20(30)25-21-24-19(13-32-21)18-6-5-16(3)17(4)11-18/h5-6,11,13,15H,7-10,12,14H2,1-4H3,(H,24,25,30). The van der Waals surface area contributed by atoms with Crippen molar-refractivity contribution >= 4 is 40.1 Å². The minimum absolute atomic E-state index is 0.104. The molecule has 0 aliphatic carbocycles. The Balaban J connectivity index is 1.39. The molecule has 0 atom stereocenters. The van der Waals surface area contributed by atoms with Gasteiger partial charge in [0.2, 0.25) is 11.9 Å². The highest BCUT2D eigenvalue weighted by Gasteiger charge is 2.22. The highest BCUT2D eigenvalue weighted by atomic mass is 32.2. The second-order valence-corrected chi connectivity index (χ2v) is 10.4. The third-order valence-electron chi connectivity index (χ3n) is 5.42. The molecule has 1 saturated heterocycles. The molecule has 2 aromatic heterocycles. The molecule has 0 spiro atoms. The lowest BCUT2D eigenvalue weighted by atomic mass is 10.1. The molecular weight excluding hydrogens is 456 g/mol. The summed E-state index contributed by atoms with van der Waals surface area (Å²) in [6.45, 7) is 12.3. The first-order chi connectivity index (χ1) is 15.9. The zero-order valence-corrected chi connectivity index (χ0v) is 21.1. The Kier molecular flexibility index (Phi) is 7.67. The number of aromatic nitrogens is 4. The molecule has 33 heavy (non-hydrogen) atoms. The Hall–Kier alpha value is -2.43. The number of thiazole rings is 1. The van der Waals surface area contributed by atoms with Crippen molar-refractivity contribution in [3.63, 3.8) is 0 Å². The summed E-state index contributed by atoms with van der Waals surface area (Å²) in [5.41, 5.74) is 4.41. The number of nitrogens with one attached hydrogen (secondary N) is 1. The molecule has 1 fully saturated rings. The lowest BCUT2D eigenvalue weighted by Gasteiger charge is -2.28. The molecule has 1 aliphatic rings. The zero-order valence-electron chi connectivity index (χ0n) is 19.5. The van der Waals surface area contributed by atoms with Crippen LogP contribution in [0.4, 0.5) is 11.1 Å². The van der Waals surface area contributed by atoms with Gasteiger partial charge < -0.3 is 15.0 Å². The Morgan fingerprint density at radius 2 is 2.00 bits per heavy atom. The van der Waals surface area contributed by atoms with Crippen LogP contribution >= 0.6 is 23.1 Å². The summed E-state index contributed by atoms with van der Waals surface area (Å²) in [6, 6.07) is 6.28. The fraction of sp³-hybridized carbons (Fsp3) is 0.478. The van der Waals surface area contributed by atoms with Crippen LogP contribution in [0.2, 0.25) is 0 Å². The first-order valence-corrected chi connectivity index (χ1v) is 13.0. The van der Waals surface area contributed by atoms with Crippen molar-refractivity contribution in [3.8, 4) is 11.3 Å². The van der Waals surface area contributed by atoms with Gasteiger partial charge >= 0.3 is 0 Å². The fourth-order valence-electron chi connectivity index (χ4n) is 3.56. The predicted molar refractivity (Wildman–Crippen MR) is 134 cm³/mol. The highest BCUT2D eigenvalue weighted by molar-refractivity contribution is 7.99. The molecule has 8 nitrogen and oxygen atoms in total. The van der Waals surface area contributed by atoms with Crippen LogP contribution in [0, 0.1) is 19.8 Å². The number of aryl methyl sites for hydroxylation is 2. The average molecular weight is 487 g/mol. The van der Waals surface area contributed by atoms with Gasteiger partial charge in [-0.3, -0.25) is 9.36 Å². The van der Waals surface area contributed by atoms with Gasteiger partial charge in [0.05, 0.1) is 24.7 Å². The number of hydrogen-bond acceptors (Lipinski definition) is 8. The van der Waals surface area contributed by atoms with Crippen molar-refractivity contribution in [2.75, 3.05) is 42.3 Å². The molecule has 1 N–H and O–H groups in total. The summed E-state index contributed by atoms with van der Waals surface area (Å²) < 4.78 is 7.58. The van der Waals surface area contributed by atoms with Gasteiger partial charge in [-0.05, 0) is 37.0 Å². The lowest BCUT2D eigenvalue weighted by Crippen LogP contribution is -2.38. The molecule has 0 unspecified atom stereocenters. The number of rotatable bonds is 8. The Morgan fingerprint density at radius 1 is 1.21 bits per heavy atom. The Morgan fingerprint density at radius 3 is 2.73 bits per heavy atom. The summed E-state index contributed by atoms with van der Waals surface area (Å²) in [4.78, 5) is 19.4. The average Bonchev–Trinajstić information content (AvgIpc) is 3.41. The van der Waals surface area contributed by atoms with E-state index in [-0.39, 0.29) is 11.7 Å². The van der Waals surface area contributed by atoms with Crippen molar-refractivity contribution in [2.45, 2.75) is 39.4 Å². The molecular formula is C23H30N6O2S2. The molecule has 1 amide bonds. The van der Waals surface area contributed by atoms with Crippen molar-refractivity contribution in [1.29, 1.82) is 0 Å². The Bertz CT molecular complexity index is 1100. The molecule has 1 aliphatic heterocycles. The smallest absolute Gasteiger partial charge is 0.236 e. The van der Waals surface area contributed by atoms with Crippen molar-refractivity contribution < 1.29 is 9.53 Å². The van der Waals surface area contributed by atoms with E-state index >= 15 is 0 Å². The molecule has 176 valence electrons. The lowest BCUT2D eigenvalue weighted by molar-refractivity contribution is -0.113. The minimum Gasteiger partial charge on any atom is -0.378 e. The van der Waals surface area contributed by atoms with Crippen molar-refractivity contribution in [2.24, 2.45) is 5.92 Å². The maximum absolute atomic E-state index is 12.6. The predicted octanol–water partition coefficient (Wildman–Crippen LogP) is 4.24. The largest absolute Gasteiger partial charge is 0.378 e. The van der Waals surface area contributed by atoms with E-state index in [0.717, 1.165) is 42.0 Å². The van der Waals surface area contributed by atoms with Crippen LogP contribution in [-0.4, -0.2) is 57.7 Å². The zero-order chi connectivity index (χ0) is 23.4. The van der Waals surface area contributed by atoms with Gasteiger partial charge in [-0.1, -0.05) is 37.7 Å². The van der Waals surface area contributed by atoms with E-state index in [1.165, 1.54) is 34.2 Å². The molecule has 4 rings (SSSR count). The van der Waals surface area contributed by atoms with E-state index in [1.54, 1.807) is 0 Å². The fourth-order valence-corrected chi connectivity index (χ4v) is 5.04. The van der Waals surface area contributed by atoms with Crippen molar-refractivity contribution in [3.05, 3.63) is 34.7 Å². The van der Waals surface area contributed by atoms with Crippen LogP contribution in [0.3, 0.4) is 0 Å².